The molecule has 34 atom stereocenters. The van der Waals surface area contributed by atoms with E-state index in [-0.39, 0.29) is 40.4 Å². The summed E-state index contributed by atoms with van der Waals surface area (Å²) in [5.74, 6) is 0.799. The van der Waals surface area contributed by atoms with Crippen LogP contribution in [-0.2, 0) is 47.4 Å². The Morgan fingerprint density at radius 2 is 0.977 bits per heavy atom. The molecule has 0 aromatic carbocycles. The van der Waals surface area contributed by atoms with E-state index >= 15 is 0 Å². The van der Waals surface area contributed by atoms with Gasteiger partial charge in [-0.3, -0.25) is 0 Å². The number of aliphatic hydroxyl groups excluding tert-OH is 17. The molecule has 5 aliphatic heterocycles. The smallest absolute Gasteiger partial charge is 0.187 e. The van der Waals surface area contributed by atoms with Crippen LogP contribution in [0, 0.1) is 45.3 Å². The van der Waals surface area contributed by atoms with E-state index in [1.54, 1.807) is 0 Å². The van der Waals surface area contributed by atoms with Gasteiger partial charge in [-0.1, -0.05) is 53.2 Å². The Balaban J connectivity index is 0.884. The topological polar surface area (TPSA) is 456 Å². The number of hydrogen-bond acceptors (Lipinski definition) is 28. The number of ether oxygens (including phenoxy) is 10. The molecule has 8 unspecified atom stereocenters. The highest BCUT2D eigenvalue weighted by Crippen LogP contribution is 2.75. The largest absolute Gasteiger partial charge is 0.394 e. The highest BCUT2D eigenvalue weighted by atomic mass is 16.8. The average molecular weight is 1270 g/mol. The Labute approximate surface area is 512 Å². The van der Waals surface area contributed by atoms with Gasteiger partial charge in [-0.15, -0.1) is 0 Å². The van der Waals surface area contributed by atoms with Crippen molar-refractivity contribution in [3.05, 3.63) is 11.6 Å². The molecule has 0 aromatic rings. The lowest BCUT2D eigenvalue weighted by Gasteiger charge is -2.66. The minimum absolute atomic E-state index is 0.0810. The van der Waals surface area contributed by atoms with E-state index in [4.69, 9.17) is 47.4 Å². The van der Waals surface area contributed by atoms with Crippen molar-refractivity contribution in [2.45, 2.75) is 285 Å². The molecule has 18 N–H and O–H groups in total. The average Bonchev–Trinajstić information content (AvgIpc) is 1.31. The fraction of sp³-hybridized carbons (Fsp3) is 0.967. The zero-order chi connectivity index (χ0) is 64.7. The molecule has 5 heterocycles. The van der Waals surface area contributed by atoms with Crippen molar-refractivity contribution in [2.75, 3.05) is 33.0 Å². The first kappa shape index (κ1) is 70.9. The molecule has 0 radical (unpaired) electrons. The number of fused-ring (bicyclic) bond motifs is 5. The lowest BCUT2D eigenvalue weighted by Crippen LogP contribution is -2.65. The first-order valence-electron chi connectivity index (χ1n) is 31.5. The minimum atomic E-state index is -1.93. The Bertz CT molecular complexity index is 2310. The Morgan fingerprint density at radius 1 is 0.500 bits per heavy atom. The van der Waals surface area contributed by atoms with Gasteiger partial charge >= 0.3 is 0 Å². The van der Waals surface area contributed by atoms with Gasteiger partial charge in [0.05, 0.1) is 50.8 Å². The van der Waals surface area contributed by atoms with Crippen molar-refractivity contribution in [3.8, 4) is 0 Å². The van der Waals surface area contributed by atoms with Crippen molar-refractivity contribution in [3.63, 3.8) is 0 Å². The quantitative estimate of drug-likeness (QED) is 0.0512. The predicted octanol–water partition coefficient (Wildman–Crippen LogP) is -4.38. The zero-order valence-corrected chi connectivity index (χ0v) is 51.5. The SMILES string of the molecule is CC(CCC(O[C@@H]1O[C@H](CO[C@@H]2O[C@H](CO)[C@@H](O)[C@H](O)[C@H]2O)[C@@H](O)[C@H](O)[C@H]1O[C@@H]1O[C@H](CO)[C@@H](O)[C@H](O)[C@H]1O)C(C)(C)O)C1CCC2(C)C3CC=C4C(CC[C@H](O[C@@H]5O[C@H](CO)[C@@H](O)[C@H](O[C@@H]6O[C@H](CO)[C@@H](O)[C@H](O)[C@H]6O)[C@H]5O)C4(C)C)C3(C)CCC12C. The lowest BCUT2D eigenvalue weighted by molar-refractivity contribution is -0.380. The minimum Gasteiger partial charge on any atom is -0.394 e. The van der Waals surface area contributed by atoms with Crippen LogP contribution in [0.25, 0.3) is 0 Å². The molecule has 9 rings (SSSR count). The summed E-state index contributed by atoms with van der Waals surface area (Å²) >= 11 is 0. The van der Waals surface area contributed by atoms with Gasteiger partial charge in [-0.2, -0.15) is 0 Å². The summed E-state index contributed by atoms with van der Waals surface area (Å²) in [6, 6.07) is 0. The van der Waals surface area contributed by atoms with E-state index in [2.05, 4.69) is 47.6 Å². The van der Waals surface area contributed by atoms with Crippen LogP contribution in [0.15, 0.2) is 11.6 Å². The third-order valence-corrected chi connectivity index (χ3v) is 22.8. The highest BCUT2D eigenvalue weighted by Gasteiger charge is 2.68. The Morgan fingerprint density at radius 3 is 1.51 bits per heavy atom. The summed E-state index contributed by atoms with van der Waals surface area (Å²) in [5, 5.41) is 193. The molecule has 0 spiro atoms. The molecule has 4 aliphatic carbocycles. The van der Waals surface area contributed by atoms with Crippen LogP contribution in [-0.4, -0.2) is 296 Å². The fourth-order valence-corrected chi connectivity index (χ4v) is 17.1. The summed E-state index contributed by atoms with van der Waals surface area (Å²) in [5.41, 5.74) is -1.26. The maximum atomic E-state index is 11.9. The first-order valence-corrected chi connectivity index (χ1v) is 31.5. The molecule has 8 fully saturated rings. The second kappa shape index (κ2) is 27.4. The number of aliphatic hydroxyl groups is 18. The van der Waals surface area contributed by atoms with Crippen LogP contribution < -0.4 is 0 Å². The van der Waals surface area contributed by atoms with Crippen LogP contribution >= 0.6 is 0 Å². The van der Waals surface area contributed by atoms with Crippen molar-refractivity contribution in [2.24, 2.45) is 45.3 Å². The van der Waals surface area contributed by atoms with E-state index in [1.165, 1.54) is 19.4 Å². The van der Waals surface area contributed by atoms with Crippen LogP contribution in [0.5, 0.6) is 0 Å². The third kappa shape index (κ3) is 12.8. The Kier molecular flexibility index (Phi) is 22.1. The molecule has 9 aliphatic rings. The van der Waals surface area contributed by atoms with E-state index in [9.17, 15) is 91.9 Å². The van der Waals surface area contributed by atoms with E-state index in [1.807, 2.05) is 0 Å². The fourth-order valence-electron chi connectivity index (χ4n) is 17.1. The predicted molar refractivity (Wildman–Crippen MR) is 299 cm³/mol. The van der Waals surface area contributed by atoms with Crippen molar-refractivity contribution >= 4 is 0 Å². The van der Waals surface area contributed by atoms with Crippen molar-refractivity contribution < 1.29 is 139 Å². The molecule has 5 saturated heterocycles. The monoisotopic (exact) mass is 1270 g/mol. The van der Waals surface area contributed by atoms with Gasteiger partial charge in [-0.05, 0) is 112 Å². The molecule has 0 aromatic heterocycles. The molecule has 28 heteroatoms. The van der Waals surface area contributed by atoms with Crippen molar-refractivity contribution in [1.82, 2.24) is 0 Å². The highest BCUT2D eigenvalue weighted by molar-refractivity contribution is 5.30. The molecule has 510 valence electrons. The molecular formula is C60H102O28. The number of rotatable bonds is 20. The summed E-state index contributed by atoms with van der Waals surface area (Å²) in [4.78, 5) is 0. The van der Waals surface area contributed by atoms with Crippen LogP contribution in [0.2, 0.25) is 0 Å². The van der Waals surface area contributed by atoms with Gasteiger partial charge in [0.2, 0.25) is 0 Å². The molecule has 88 heavy (non-hydrogen) atoms. The maximum Gasteiger partial charge on any atom is 0.187 e. The third-order valence-electron chi connectivity index (χ3n) is 22.8. The van der Waals surface area contributed by atoms with Gasteiger partial charge in [0.25, 0.3) is 0 Å². The summed E-state index contributed by atoms with van der Waals surface area (Å²) in [6.07, 6.45) is -34.0. The standard InChI is InChI=1S/C60H102O28/c1-24(9-13-35(57(4,5)78)86-55-50(88-53-47(76)43(72)38(67)30(21-63)82-53)44(73)39(68)32(84-55)23-79-51-45(74)41(70)36(65)28(19-61)80-51)25-15-16-60(8)33-12-10-26-27(58(33,6)17-18-59(25,60)7)11-14-34(56(26,2)3)85-54-48(77)49(40(69)31(22-64)83-54)87-52-46(75)42(71)37(66)29(20-62)81-52/h10,24-25,27-55,61-78H,9,11-23H2,1-8H3/t24?,25?,27?,28-,29-,30-,31-,32-,33?,34+,35?,36-,37-,38-,39-,40-,41+,42+,43+,44+,45-,46-,47-,48-,49+,50-,51-,52+,53+,54+,55+,58?,59?,60?/m1/s1. The number of hydrogen-bond donors (Lipinski definition) is 18. The van der Waals surface area contributed by atoms with Crippen LogP contribution in [0.1, 0.15) is 113 Å². The van der Waals surface area contributed by atoms with E-state index < -0.39 is 210 Å². The van der Waals surface area contributed by atoms with Gasteiger partial charge in [0.15, 0.2) is 31.5 Å². The molecule has 0 amide bonds. The van der Waals surface area contributed by atoms with Gasteiger partial charge in [0.1, 0.15) is 122 Å². The van der Waals surface area contributed by atoms with E-state index in [0.717, 1.165) is 38.5 Å². The summed E-state index contributed by atoms with van der Waals surface area (Å²) in [7, 11) is 0. The van der Waals surface area contributed by atoms with E-state index in [0.29, 0.717) is 18.8 Å². The normalized spacial score (nSPS) is 51.4. The molecule has 28 nitrogen and oxygen atoms in total. The van der Waals surface area contributed by atoms with Gasteiger partial charge < -0.3 is 139 Å². The van der Waals surface area contributed by atoms with Gasteiger partial charge in [0, 0.05) is 5.41 Å². The number of allylic oxidation sites excluding steroid dienone is 1. The first-order chi connectivity index (χ1) is 41.2. The van der Waals surface area contributed by atoms with Crippen LogP contribution in [0.3, 0.4) is 0 Å². The second-order valence-corrected chi connectivity index (χ2v) is 28.6. The zero-order valence-electron chi connectivity index (χ0n) is 51.5. The summed E-state index contributed by atoms with van der Waals surface area (Å²) < 4.78 is 59.7. The Hall–Kier alpha value is -1.38. The summed E-state index contributed by atoms with van der Waals surface area (Å²) in [6.45, 7) is 13.2. The molecular weight excluding hydrogens is 1170 g/mol. The van der Waals surface area contributed by atoms with Gasteiger partial charge in [-0.25, -0.2) is 0 Å². The molecule has 0 bridgehead atoms. The van der Waals surface area contributed by atoms with Crippen molar-refractivity contribution in [1.29, 1.82) is 0 Å². The second-order valence-electron chi connectivity index (χ2n) is 28.6. The molecule has 3 saturated carbocycles. The van der Waals surface area contributed by atoms with Crippen LogP contribution in [0.4, 0.5) is 0 Å². The lowest BCUT2D eigenvalue weighted by atomic mass is 9.39. The maximum absolute atomic E-state index is 11.9.